The number of benzene rings is 1. The second-order valence-corrected chi connectivity index (χ2v) is 5.89. The van der Waals surface area contributed by atoms with Crippen LogP contribution in [0.1, 0.15) is 25.7 Å². The van der Waals surface area contributed by atoms with Crippen LogP contribution in [0.5, 0.6) is 0 Å². The zero-order chi connectivity index (χ0) is 12.8. The lowest BCUT2D eigenvalue weighted by Crippen LogP contribution is -2.37. The molecule has 1 aliphatic rings. The number of para-hydroxylation sites is 1. The fourth-order valence-corrected chi connectivity index (χ4v) is 3.25. The van der Waals surface area contributed by atoms with Gasteiger partial charge in [-0.05, 0) is 51.2 Å². The van der Waals surface area contributed by atoms with Gasteiger partial charge in [0, 0.05) is 23.2 Å². The van der Waals surface area contributed by atoms with Crippen molar-refractivity contribution in [3.8, 4) is 0 Å². The van der Waals surface area contributed by atoms with Gasteiger partial charge in [-0.15, -0.1) is 11.8 Å². The second-order valence-electron chi connectivity index (χ2n) is 5.05. The van der Waals surface area contributed by atoms with E-state index >= 15 is 0 Å². The Balaban J connectivity index is 1.80. The third kappa shape index (κ3) is 3.66. The van der Waals surface area contributed by atoms with Crippen LogP contribution in [0.15, 0.2) is 29.2 Å². The van der Waals surface area contributed by atoms with Crippen molar-refractivity contribution in [3.63, 3.8) is 0 Å². The Kier molecular flexibility index (Phi) is 5.39. The van der Waals surface area contributed by atoms with Crippen LogP contribution in [0, 0.1) is 0 Å². The molecule has 1 aliphatic heterocycles. The van der Waals surface area contributed by atoms with Gasteiger partial charge >= 0.3 is 0 Å². The van der Waals surface area contributed by atoms with Gasteiger partial charge in [0.15, 0.2) is 0 Å². The molecule has 1 atom stereocenters. The Morgan fingerprint density at radius 3 is 2.94 bits per heavy atom. The van der Waals surface area contributed by atoms with Crippen molar-refractivity contribution in [2.24, 2.45) is 0 Å². The van der Waals surface area contributed by atoms with Crippen molar-refractivity contribution in [1.29, 1.82) is 0 Å². The molecule has 0 spiro atoms. The molecule has 1 heterocycles. The lowest BCUT2D eigenvalue weighted by molar-refractivity contribution is 0.179. The van der Waals surface area contributed by atoms with Crippen LogP contribution in [-0.2, 0) is 0 Å². The lowest BCUT2D eigenvalue weighted by atomic mass is 10.0. The Labute approximate surface area is 115 Å². The van der Waals surface area contributed by atoms with Gasteiger partial charge in [-0.1, -0.05) is 18.6 Å². The average Bonchev–Trinajstić information content (AvgIpc) is 2.41. The van der Waals surface area contributed by atoms with Crippen LogP contribution in [0.4, 0.5) is 5.69 Å². The number of piperidine rings is 1. The predicted octanol–water partition coefficient (Wildman–Crippen LogP) is 3.69. The summed E-state index contributed by atoms with van der Waals surface area (Å²) in [6.45, 7) is 2.35. The molecule has 1 saturated heterocycles. The monoisotopic (exact) mass is 264 g/mol. The van der Waals surface area contributed by atoms with Gasteiger partial charge in [-0.2, -0.15) is 0 Å². The van der Waals surface area contributed by atoms with Crippen molar-refractivity contribution >= 4 is 17.4 Å². The molecule has 0 saturated carbocycles. The van der Waals surface area contributed by atoms with Crippen molar-refractivity contribution in [2.75, 3.05) is 31.7 Å². The Hall–Kier alpha value is -0.670. The molecule has 1 aromatic rings. The number of nitrogens with zero attached hydrogens (tertiary/aromatic N) is 1. The van der Waals surface area contributed by atoms with E-state index in [1.54, 1.807) is 0 Å². The molecule has 1 N–H and O–H groups in total. The average molecular weight is 264 g/mol. The van der Waals surface area contributed by atoms with E-state index < -0.39 is 0 Å². The standard InChI is InChI=1S/C15H24N2S/c1-17-12-6-5-7-13(17)10-11-16-14-8-3-4-9-15(14)18-2/h3-4,8-9,13,16H,5-7,10-12H2,1-2H3. The molecule has 1 aromatic carbocycles. The molecular weight excluding hydrogens is 240 g/mol. The minimum absolute atomic E-state index is 0.771. The third-order valence-corrected chi connectivity index (χ3v) is 4.62. The number of anilines is 1. The SMILES string of the molecule is CSc1ccccc1NCCC1CCCCN1C. The van der Waals surface area contributed by atoms with E-state index in [4.69, 9.17) is 0 Å². The molecule has 1 fully saturated rings. The first-order valence-corrected chi connectivity index (χ1v) is 8.11. The minimum Gasteiger partial charge on any atom is -0.384 e. The first-order valence-electron chi connectivity index (χ1n) is 6.88. The van der Waals surface area contributed by atoms with E-state index in [0.29, 0.717) is 0 Å². The minimum atomic E-state index is 0.771. The Bertz CT molecular complexity index is 367. The van der Waals surface area contributed by atoms with E-state index in [1.807, 2.05) is 11.8 Å². The number of hydrogen-bond donors (Lipinski definition) is 1. The molecular formula is C15H24N2S. The van der Waals surface area contributed by atoms with E-state index in [1.165, 1.54) is 42.8 Å². The molecule has 2 rings (SSSR count). The first kappa shape index (κ1) is 13.8. The number of nitrogens with one attached hydrogen (secondary N) is 1. The Morgan fingerprint density at radius 2 is 2.17 bits per heavy atom. The van der Waals surface area contributed by atoms with Gasteiger partial charge in [0.25, 0.3) is 0 Å². The summed E-state index contributed by atoms with van der Waals surface area (Å²) in [6.07, 6.45) is 7.52. The molecule has 0 amide bonds. The molecule has 0 radical (unpaired) electrons. The summed E-state index contributed by atoms with van der Waals surface area (Å²) in [4.78, 5) is 3.86. The molecule has 100 valence electrons. The third-order valence-electron chi connectivity index (χ3n) is 3.82. The summed E-state index contributed by atoms with van der Waals surface area (Å²) in [5.41, 5.74) is 1.28. The molecule has 3 heteroatoms. The van der Waals surface area contributed by atoms with Crippen LogP contribution in [0.3, 0.4) is 0 Å². The number of rotatable bonds is 5. The molecule has 2 nitrogen and oxygen atoms in total. The van der Waals surface area contributed by atoms with Crippen LogP contribution in [0.2, 0.25) is 0 Å². The Morgan fingerprint density at radius 1 is 1.33 bits per heavy atom. The van der Waals surface area contributed by atoms with Gasteiger partial charge in [-0.3, -0.25) is 0 Å². The first-order chi connectivity index (χ1) is 8.81. The quantitative estimate of drug-likeness (QED) is 0.817. The lowest BCUT2D eigenvalue weighted by Gasteiger charge is -2.32. The van der Waals surface area contributed by atoms with E-state index in [0.717, 1.165) is 12.6 Å². The van der Waals surface area contributed by atoms with Crippen molar-refractivity contribution in [2.45, 2.75) is 36.6 Å². The summed E-state index contributed by atoms with van der Waals surface area (Å²) in [5.74, 6) is 0. The van der Waals surface area contributed by atoms with Gasteiger partial charge < -0.3 is 10.2 Å². The highest BCUT2D eigenvalue weighted by atomic mass is 32.2. The number of thioether (sulfide) groups is 1. The molecule has 18 heavy (non-hydrogen) atoms. The maximum Gasteiger partial charge on any atom is 0.0478 e. The second kappa shape index (κ2) is 7.05. The number of likely N-dealkylation sites (tertiary alicyclic amines) is 1. The summed E-state index contributed by atoms with van der Waals surface area (Å²) >= 11 is 1.81. The van der Waals surface area contributed by atoms with Gasteiger partial charge in [0.05, 0.1) is 0 Å². The summed E-state index contributed by atoms with van der Waals surface area (Å²) in [6, 6.07) is 9.34. The smallest absolute Gasteiger partial charge is 0.0478 e. The summed E-state index contributed by atoms with van der Waals surface area (Å²) in [5, 5.41) is 3.58. The predicted molar refractivity (Wildman–Crippen MR) is 81.6 cm³/mol. The highest BCUT2D eigenvalue weighted by Gasteiger charge is 2.17. The van der Waals surface area contributed by atoms with Crippen LogP contribution in [-0.4, -0.2) is 37.3 Å². The zero-order valence-corrected chi connectivity index (χ0v) is 12.3. The maximum absolute atomic E-state index is 3.58. The van der Waals surface area contributed by atoms with Gasteiger partial charge in [-0.25, -0.2) is 0 Å². The van der Waals surface area contributed by atoms with Gasteiger partial charge in [0.2, 0.25) is 0 Å². The van der Waals surface area contributed by atoms with E-state index in [9.17, 15) is 0 Å². The van der Waals surface area contributed by atoms with Crippen LogP contribution in [0.25, 0.3) is 0 Å². The van der Waals surface area contributed by atoms with E-state index in [-0.39, 0.29) is 0 Å². The fraction of sp³-hybridized carbons (Fsp3) is 0.600. The summed E-state index contributed by atoms with van der Waals surface area (Å²) < 4.78 is 0. The zero-order valence-electron chi connectivity index (χ0n) is 11.5. The fourth-order valence-electron chi connectivity index (χ4n) is 2.67. The largest absolute Gasteiger partial charge is 0.384 e. The van der Waals surface area contributed by atoms with Crippen LogP contribution >= 0.6 is 11.8 Å². The molecule has 0 aromatic heterocycles. The van der Waals surface area contributed by atoms with Crippen molar-refractivity contribution in [1.82, 2.24) is 4.90 Å². The molecule has 1 unspecified atom stereocenters. The topological polar surface area (TPSA) is 15.3 Å². The van der Waals surface area contributed by atoms with Crippen molar-refractivity contribution < 1.29 is 0 Å². The van der Waals surface area contributed by atoms with Crippen LogP contribution < -0.4 is 5.32 Å². The van der Waals surface area contributed by atoms with Crippen molar-refractivity contribution in [3.05, 3.63) is 24.3 Å². The van der Waals surface area contributed by atoms with Gasteiger partial charge in [0.1, 0.15) is 0 Å². The van der Waals surface area contributed by atoms with E-state index in [2.05, 4.69) is 47.8 Å². The summed E-state index contributed by atoms with van der Waals surface area (Å²) in [7, 11) is 2.26. The normalized spacial score (nSPS) is 20.9. The highest BCUT2D eigenvalue weighted by molar-refractivity contribution is 7.98. The molecule has 0 aliphatic carbocycles. The highest BCUT2D eigenvalue weighted by Crippen LogP contribution is 2.25. The number of hydrogen-bond acceptors (Lipinski definition) is 3. The molecule has 0 bridgehead atoms. The maximum atomic E-state index is 3.58.